The van der Waals surface area contributed by atoms with Crippen molar-refractivity contribution in [2.45, 2.75) is 44.1 Å². The second-order valence-electron chi connectivity index (χ2n) is 11.3. The van der Waals surface area contributed by atoms with Crippen LogP contribution in [0.15, 0.2) is 115 Å². The maximum atomic E-state index is 13.3. The molecule has 5 aromatic rings. The molecule has 2 aliphatic rings. The molecule has 0 atom stereocenters. The molecule has 4 heterocycles. The van der Waals surface area contributed by atoms with Gasteiger partial charge in [0.15, 0.2) is 0 Å². The van der Waals surface area contributed by atoms with E-state index in [1.165, 1.54) is 23.1 Å². The Balaban J connectivity index is 1.37. The second kappa shape index (κ2) is 11.3. The lowest BCUT2D eigenvalue weighted by atomic mass is 9.75. The molecule has 42 heavy (non-hydrogen) atoms. The average molecular weight is 554 g/mol. The molecule has 0 spiro atoms. The number of carbonyl (C=O) groups is 1. The fourth-order valence-electron chi connectivity index (χ4n) is 6.65. The number of amides is 1. The first-order chi connectivity index (χ1) is 20.7. The topological polar surface area (TPSA) is 66.8 Å². The number of rotatable bonds is 6. The molecule has 3 aromatic heterocycles. The minimum atomic E-state index is -0.616. The quantitative estimate of drug-likeness (QED) is 0.221. The monoisotopic (exact) mass is 553 g/mol. The van der Waals surface area contributed by atoms with Crippen LogP contribution in [0.25, 0.3) is 22.2 Å². The summed E-state index contributed by atoms with van der Waals surface area (Å²) in [5, 5.41) is 6.01. The molecule has 0 radical (unpaired) electrons. The first-order valence-corrected chi connectivity index (χ1v) is 15.0. The van der Waals surface area contributed by atoms with Gasteiger partial charge in [0.05, 0.1) is 11.8 Å². The van der Waals surface area contributed by atoms with Gasteiger partial charge in [0.25, 0.3) is 5.91 Å². The summed E-state index contributed by atoms with van der Waals surface area (Å²) >= 11 is 0. The van der Waals surface area contributed by atoms with Crippen molar-refractivity contribution < 1.29 is 4.79 Å². The highest BCUT2D eigenvalue weighted by atomic mass is 16.2. The zero-order valence-electron chi connectivity index (χ0n) is 23.7. The molecule has 1 aliphatic heterocycles. The third-order valence-electron chi connectivity index (χ3n) is 8.73. The van der Waals surface area contributed by atoms with E-state index in [1.807, 2.05) is 23.4 Å². The molecular formula is C36H35N5O. The fraction of sp³-hybridized carbons (Fsp3) is 0.250. The Morgan fingerprint density at radius 1 is 0.857 bits per heavy atom. The normalized spacial score (nSPS) is 15.9. The number of piperidine rings is 1. The van der Waals surface area contributed by atoms with Gasteiger partial charge in [-0.1, -0.05) is 78.9 Å². The van der Waals surface area contributed by atoms with Crippen molar-refractivity contribution >= 4 is 16.9 Å². The Hall–Kier alpha value is -4.71. The number of fused-ring (bicyclic) bond motifs is 1. The number of hydrogen-bond acceptors (Lipinski definition) is 3. The van der Waals surface area contributed by atoms with E-state index in [2.05, 4.69) is 99.7 Å². The van der Waals surface area contributed by atoms with Crippen LogP contribution in [0.4, 0.5) is 0 Å². The van der Waals surface area contributed by atoms with Crippen LogP contribution in [0.3, 0.4) is 0 Å². The second-order valence-corrected chi connectivity index (χ2v) is 11.3. The number of likely N-dealkylation sites (tertiary alicyclic amines) is 1. The predicted octanol–water partition coefficient (Wildman–Crippen LogP) is 7.51. The first kappa shape index (κ1) is 26.2. The summed E-state index contributed by atoms with van der Waals surface area (Å²) in [6.45, 7) is 1.63. The van der Waals surface area contributed by atoms with E-state index in [9.17, 15) is 4.79 Å². The average Bonchev–Trinajstić information content (AvgIpc) is 3.62. The van der Waals surface area contributed by atoms with E-state index in [0.29, 0.717) is 5.56 Å². The third-order valence-corrected chi connectivity index (χ3v) is 8.73. The minimum Gasteiger partial charge on any atom is -0.346 e. The molecule has 210 valence electrons. The van der Waals surface area contributed by atoms with Gasteiger partial charge in [0.2, 0.25) is 0 Å². The van der Waals surface area contributed by atoms with Crippen LogP contribution in [0.1, 0.15) is 60.0 Å². The first-order valence-electron chi connectivity index (χ1n) is 15.0. The van der Waals surface area contributed by atoms with Gasteiger partial charge >= 0.3 is 0 Å². The lowest BCUT2D eigenvalue weighted by molar-refractivity contribution is 0.0724. The van der Waals surface area contributed by atoms with Gasteiger partial charge in [-0.05, 0) is 61.3 Å². The number of pyridine rings is 1. The smallest absolute Gasteiger partial charge is 0.255 e. The van der Waals surface area contributed by atoms with Crippen LogP contribution >= 0.6 is 0 Å². The minimum absolute atomic E-state index is 0.0625. The van der Waals surface area contributed by atoms with Gasteiger partial charge in [-0.15, -0.1) is 0 Å². The van der Waals surface area contributed by atoms with E-state index in [0.717, 1.165) is 67.4 Å². The van der Waals surface area contributed by atoms with Crippen molar-refractivity contribution in [2.24, 2.45) is 0 Å². The Labute approximate surface area is 246 Å². The van der Waals surface area contributed by atoms with E-state index < -0.39 is 5.54 Å². The van der Waals surface area contributed by atoms with Crippen molar-refractivity contribution in [3.8, 4) is 11.1 Å². The van der Waals surface area contributed by atoms with Crippen molar-refractivity contribution in [1.82, 2.24) is 24.6 Å². The van der Waals surface area contributed by atoms with Gasteiger partial charge in [-0.2, -0.15) is 5.10 Å². The van der Waals surface area contributed by atoms with Crippen LogP contribution in [0, 0.1) is 0 Å². The van der Waals surface area contributed by atoms with Crippen LogP contribution < -0.4 is 0 Å². The van der Waals surface area contributed by atoms with E-state index in [-0.39, 0.29) is 5.91 Å². The van der Waals surface area contributed by atoms with Gasteiger partial charge < -0.3 is 9.88 Å². The summed E-state index contributed by atoms with van der Waals surface area (Å²) in [6.07, 6.45) is 20.9. The fourth-order valence-corrected chi connectivity index (χ4v) is 6.65. The van der Waals surface area contributed by atoms with Gasteiger partial charge in [-0.3, -0.25) is 9.48 Å². The number of allylic oxidation sites excluding steroid dienone is 4. The van der Waals surface area contributed by atoms with Crippen LogP contribution in [-0.2, 0) is 5.54 Å². The molecule has 1 N–H and O–H groups in total. The molecule has 6 nitrogen and oxygen atoms in total. The summed E-state index contributed by atoms with van der Waals surface area (Å²) in [4.78, 5) is 23.2. The van der Waals surface area contributed by atoms with Crippen LogP contribution in [-0.4, -0.2) is 43.6 Å². The molecule has 6 heteroatoms. The zero-order chi connectivity index (χ0) is 28.4. The molecule has 0 saturated carbocycles. The molecule has 1 amide bonds. The molecule has 1 fully saturated rings. The number of H-pyrrole nitrogens is 1. The van der Waals surface area contributed by atoms with Crippen molar-refractivity contribution in [2.75, 3.05) is 13.1 Å². The van der Waals surface area contributed by atoms with Gasteiger partial charge in [0, 0.05) is 48.2 Å². The number of hydrogen-bond donors (Lipinski definition) is 1. The molecule has 0 unspecified atom stereocenters. The Kier molecular flexibility index (Phi) is 7.04. The lowest BCUT2D eigenvalue weighted by Gasteiger charge is -2.38. The van der Waals surface area contributed by atoms with Crippen molar-refractivity contribution in [1.29, 1.82) is 0 Å². The summed E-state index contributed by atoms with van der Waals surface area (Å²) in [5.41, 5.74) is 6.39. The highest BCUT2D eigenvalue weighted by Gasteiger charge is 2.40. The molecule has 2 aromatic carbocycles. The van der Waals surface area contributed by atoms with Crippen molar-refractivity contribution in [3.05, 3.63) is 132 Å². The van der Waals surface area contributed by atoms with Crippen molar-refractivity contribution in [3.63, 3.8) is 0 Å². The molecule has 1 saturated heterocycles. The number of nitrogens with zero attached hydrogens (tertiary/aromatic N) is 4. The summed E-state index contributed by atoms with van der Waals surface area (Å²) < 4.78 is 2.13. The zero-order valence-corrected chi connectivity index (χ0v) is 23.7. The third kappa shape index (κ3) is 4.57. The van der Waals surface area contributed by atoms with Crippen LogP contribution in [0.5, 0.6) is 0 Å². The standard InChI is InChI=1S/C36H35N5O/c42-35(40-20-12-5-13-21-40)27-22-32-33(25-38-34(32)37-23-27)28-24-39-41(26-28)36(30-16-8-3-9-17-30,31-18-10-4-11-19-31)29-14-6-1-2-7-15-29/h1,3-4,6,8-11,15-19,22-26H,2,5,7,12-14,20-21H2,(H,37,38). The van der Waals surface area contributed by atoms with Gasteiger partial charge in [-0.25, -0.2) is 4.98 Å². The Morgan fingerprint density at radius 2 is 1.60 bits per heavy atom. The number of aromatic nitrogens is 4. The SMILES string of the molecule is O=C(c1cnc2[nH]cc(-c3cnn(C(C4=CCCC=CC4)(c4ccccc4)c4ccccc4)c3)c2c1)N1CCCCC1. The molecule has 0 bridgehead atoms. The number of carbonyl (C=O) groups excluding carboxylic acids is 1. The molecular weight excluding hydrogens is 518 g/mol. The maximum Gasteiger partial charge on any atom is 0.255 e. The Bertz CT molecular complexity index is 1720. The number of nitrogens with one attached hydrogen (secondary N) is 1. The highest BCUT2D eigenvalue weighted by molar-refractivity contribution is 6.01. The van der Waals surface area contributed by atoms with E-state index in [4.69, 9.17) is 5.10 Å². The highest BCUT2D eigenvalue weighted by Crippen LogP contribution is 2.44. The predicted molar refractivity (Wildman–Crippen MR) is 167 cm³/mol. The van der Waals surface area contributed by atoms with Crippen LogP contribution in [0.2, 0.25) is 0 Å². The van der Waals surface area contributed by atoms with E-state index >= 15 is 0 Å². The number of benzene rings is 2. The summed E-state index contributed by atoms with van der Waals surface area (Å²) in [5.74, 6) is 0.0625. The maximum absolute atomic E-state index is 13.3. The summed E-state index contributed by atoms with van der Waals surface area (Å²) in [7, 11) is 0. The largest absolute Gasteiger partial charge is 0.346 e. The van der Waals surface area contributed by atoms with E-state index in [1.54, 1.807) is 6.20 Å². The van der Waals surface area contributed by atoms with Gasteiger partial charge in [0.1, 0.15) is 11.2 Å². The number of aromatic amines is 1. The molecule has 1 aliphatic carbocycles. The lowest BCUT2D eigenvalue weighted by Crippen LogP contribution is -2.39. The molecule has 7 rings (SSSR count). The Morgan fingerprint density at radius 3 is 2.33 bits per heavy atom. The summed E-state index contributed by atoms with van der Waals surface area (Å²) in [6, 6.07) is 23.4.